The fourth-order valence-corrected chi connectivity index (χ4v) is 2.92. The van der Waals surface area contributed by atoms with Crippen LogP contribution in [0.1, 0.15) is 32.1 Å². The molecule has 1 aromatic carbocycles. The SMILES string of the molecule is Cl.O=C(CCOc1ccccc1)N1CCC(NCC2CC2)CC1. The maximum absolute atomic E-state index is 12.2. The van der Waals surface area contributed by atoms with Crippen LogP contribution in [0.5, 0.6) is 5.75 Å². The molecule has 0 spiro atoms. The molecule has 4 nitrogen and oxygen atoms in total. The van der Waals surface area contributed by atoms with Crippen molar-refractivity contribution in [1.29, 1.82) is 0 Å². The standard InChI is InChI=1S/C18H26N2O2.ClH/c21-18(10-13-22-17-4-2-1-3-5-17)20-11-8-16(9-12-20)19-14-15-6-7-15;/h1-5,15-16,19H,6-14H2;1H. The number of carbonyl (C=O) groups excluding carboxylic acids is 1. The van der Waals surface area contributed by atoms with Crippen molar-refractivity contribution in [1.82, 2.24) is 10.2 Å². The molecule has 0 unspecified atom stereocenters. The average Bonchev–Trinajstić information content (AvgIpc) is 3.39. The van der Waals surface area contributed by atoms with Crippen molar-refractivity contribution < 1.29 is 9.53 Å². The lowest BCUT2D eigenvalue weighted by Gasteiger charge is -2.32. The largest absolute Gasteiger partial charge is 0.493 e. The third kappa shape index (κ3) is 6.04. The van der Waals surface area contributed by atoms with Crippen LogP contribution in [-0.4, -0.2) is 43.1 Å². The first-order valence-corrected chi connectivity index (χ1v) is 8.50. The summed E-state index contributed by atoms with van der Waals surface area (Å²) in [6.45, 7) is 3.39. The molecule has 2 aliphatic rings. The molecule has 1 amide bonds. The van der Waals surface area contributed by atoms with Crippen molar-refractivity contribution in [3.8, 4) is 5.75 Å². The van der Waals surface area contributed by atoms with E-state index >= 15 is 0 Å². The average molecular weight is 339 g/mol. The molecule has 1 heterocycles. The van der Waals surface area contributed by atoms with Gasteiger partial charge in [0.15, 0.2) is 0 Å². The molecule has 0 radical (unpaired) electrons. The quantitative estimate of drug-likeness (QED) is 0.831. The van der Waals surface area contributed by atoms with Crippen LogP contribution >= 0.6 is 12.4 Å². The summed E-state index contributed by atoms with van der Waals surface area (Å²) < 4.78 is 5.60. The van der Waals surface area contributed by atoms with Crippen LogP contribution in [0.3, 0.4) is 0 Å². The van der Waals surface area contributed by atoms with E-state index < -0.39 is 0 Å². The maximum Gasteiger partial charge on any atom is 0.225 e. The molecule has 1 saturated carbocycles. The molecular formula is C18H27ClN2O2. The Hall–Kier alpha value is -1.26. The normalized spacial score (nSPS) is 18.3. The number of rotatable bonds is 7. The zero-order chi connectivity index (χ0) is 15.2. The van der Waals surface area contributed by atoms with E-state index in [2.05, 4.69) is 5.32 Å². The summed E-state index contributed by atoms with van der Waals surface area (Å²) in [4.78, 5) is 14.2. The van der Waals surface area contributed by atoms with Gasteiger partial charge in [-0.2, -0.15) is 0 Å². The summed E-state index contributed by atoms with van der Waals surface area (Å²) in [6, 6.07) is 10.3. The van der Waals surface area contributed by atoms with Crippen molar-refractivity contribution in [2.45, 2.75) is 38.1 Å². The van der Waals surface area contributed by atoms with Gasteiger partial charge in [-0.3, -0.25) is 4.79 Å². The number of ether oxygens (including phenoxy) is 1. The van der Waals surface area contributed by atoms with Gasteiger partial charge in [0, 0.05) is 19.1 Å². The van der Waals surface area contributed by atoms with Crippen LogP contribution in [0.2, 0.25) is 0 Å². The van der Waals surface area contributed by atoms with Gasteiger partial charge < -0.3 is 15.0 Å². The number of halogens is 1. The van der Waals surface area contributed by atoms with E-state index in [0.717, 1.165) is 37.6 Å². The predicted octanol–water partition coefficient (Wildman–Crippen LogP) is 2.87. The molecule has 5 heteroatoms. The molecule has 1 saturated heterocycles. The highest BCUT2D eigenvalue weighted by atomic mass is 35.5. The second-order valence-corrected chi connectivity index (χ2v) is 6.42. The second kappa shape index (κ2) is 9.14. The Bertz CT molecular complexity index is 471. The Labute approximate surface area is 145 Å². The van der Waals surface area contributed by atoms with Gasteiger partial charge in [0.1, 0.15) is 5.75 Å². The van der Waals surface area contributed by atoms with E-state index in [-0.39, 0.29) is 18.3 Å². The van der Waals surface area contributed by atoms with Gasteiger partial charge in [-0.1, -0.05) is 18.2 Å². The lowest BCUT2D eigenvalue weighted by Crippen LogP contribution is -2.45. The van der Waals surface area contributed by atoms with E-state index in [4.69, 9.17) is 4.74 Å². The zero-order valence-corrected chi connectivity index (χ0v) is 14.4. The minimum absolute atomic E-state index is 0. The molecule has 1 aliphatic carbocycles. The molecule has 1 N–H and O–H groups in total. The first-order valence-electron chi connectivity index (χ1n) is 8.50. The molecule has 0 aromatic heterocycles. The number of amides is 1. The van der Waals surface area contributed by atoms with Crippen LogP contribution in [0, 0.1) is 5.92 Å². The molecule has 1 aliphatic heterocycles. The predicted molar refractivity (Wildman–Crippen MR) is 94.1 cm³/mol. The monoisotopic (exact) mass is 338 g/mol. The van der Waals surface area contributed by atoms with Gasteiger partial charge in [-0.25, -0.2) is 0 Å². The van der Waals surface area contributed by atoms with Crippen molar-refractivity contribution >= 4 is 18.3 Å². The van der Waals surface area contributed by atoms with Crippen molar-refractivity contribution in [2.75, 3.05) is 26.2 Å². The summed E-state index contributed by atoms with van der Waals surface area (Å²) in [5.41, 5.74) is 0. The zero-order valence-electron chi connectivity index (χ0n) is 13.6. The third-order valence-corrected chi connectivity index (χ3v) is 4.57. The Morgan fingerprint density at radius 2 is 1.83 bits per heavy atom. The highest BCUT2D eigenvalue weighted by molar-refractivity contribution is 5.85. The van der Waals surface area contributed by atoms with Gasteiger partial charge >= 0.3 is 0 Å². The summed E-state index contributed by atoms with van der Waals surface area (Å²) in [5, 5.41) is 3.65. The van der Waals surface area contributed by atoms with Crippen LogP contribution in [0.15, 0.2) is 30.3 Å². The Balaban J connectivity index is 0.00000192. The lowest BCUT2D eigenvalue weighted by molar-refractivity contribution is -0.132. The number of para-hydroxylation sites is 1. The van der Waals surface area contributed by atoms with E-state index in [1.807, 2.05) is 35.2 Å². The number of hydrogen-bond acceptors (Lipinski definition) is 3. The fourth-order valence-electron chi connectivity index (χ4n) is 2.92. The molecule has 23 heavy (non-hydrogen) atoms. The third-order valence-electron chi connectivity index (χ3n) is 4.57. The molecule has 3 rings (SSSR count). The fraction of sp³-hybridized carbons (Fsp3) is 0.611. The number of nitrogens with one attached hydrogen (secondary N) is 1. The topological polar surface area (TPSA) is 41.6 Å². The van der Waals surface area contributed by atoms with Gasteiger partial charge in [-0.15, -0.1) is 12.4 Å². The molecule has 2 fully saturated rings. The van der Waals surface area contributed by atoms with E-state index in [1.165, 1.54) is 19.4 Å². The van der Waals surface area contributed by atoms with E-state index in [1.54, 1.807) is 0 Å². The van der Waals surface area contributed by atoms with Crippen molar-refractivity contribution in [2.24, 2.45) is 5.92 Å². The van der Waals surface area contributed by atoms with E-state index in [0.29, 0.717) is 19.1 Å². The van der Waals surface area contributed by atoms with Crippen molar-refractivity contribution in [3.63, 3.8) is 0 Å². The number of likely N-dealkylation sites (tertiary alicyclic amines) is 1. The molecule has 1 aromatic rings. The molecule has 0 atom stereocenters. The summed E-state index contributed by atoms with van der Waals surface area (Å²) in [7, 11) is 0. The van der Waals surface area contributed by atoms with Gasteiger partial charge in [0.2, 0.25) is 5.91 Å². The van der Waals surface area contributed by atoms with Crippen LogP contribution in [-0.2, 0) is 4.79 Å². The molecule has 0 bridgehead atoms. The number of piperidine rings is 1. The summed E-state index contributed by atoms with van der Waals surface area (Å²) >= 11 is 0. The molecule has 128 valence electrons. The van der Waals surface area contributed by atoms with Gasteiger partial charge in [-0.05, 0) is 50.3 Å². The first kappa shape index (κ1) is 18.1. The number of hydrogen-bond donors (Lipinski definition) is 1. The Kier molecular flexibility index (Phi) is 7.18. The van der Waals surface area contributed by atoms with Crippen molar-refractivity contribution in [3.05, 3.63) is 30.3 Å². The number of carbonyl (C=O) groups is 1. The van der Waals surface area contributed by atoms with E-state index in [9.17, 15) is 4.79 Å². The lowest BCUT2D eigenvalue weighted by atomic mass is 10.0. The van der Waals surface area contributed by atoms with Gasteiger partial charge in [0.25, 0.3) is 0 Å². The summed E-state index contributed by atoms with van der Waals surface area (Å²) in [5.74, 6) is 1.98. The van der Waals surface area contributed by atoms with Crippen LogP contribution < -0.4 is 10.1 Å². The van der Waals surface area contributed by atoms with Crippen LogP contribution in [0.4, 0.5) is 0 Å². The smallest absolute Gasteiger partial charge is 0.225 e. The second-order valence-electron chi connectivity index (χ2n) is 6.42. The maximum atomic E-state index is 12.2. The number of benzene rings is 1. The minimum atomic E-state index is 0. The van der Waals surface area contributed by atoms with Gasteiger partial charge in [0.05, 0.1) is 13.0 Å². The molecular weight excluding hydrogens is 312 g/mol. The highest BCUT2D eigenvalue weighted by Gasteiger charge is 2.25. The number of nitrogens with zero attached hydrogens (tertiary/aromatic N) is 1. The summed E-state index contributed by atoms with van der Waals surface area (Å²) in [6.07, 6.45) is 5.42. The first-order chi connectivity index (χ1) is 10.8. The Morgan fingerprint density at radius 3 is 2.48 bits per heavy atom. The minimum Gasteiger partial charge on any atom is -0.493 e. The van der Waals surface area contributed by atoms with Crippen LogP contribution in [0.25, 0.3) is 0 Å². The highest BCUT2D eigenvalue weighted by Crippen LogP contribution is 2.28. The Morgan fingerprint density at radius 1 is 1.13 bits per heavy atom.